The van der Waals surface area contributed by atoms with Crippen LogP contribution in [0.5, 0.6) is 0 Å². The van der Waals surface area contributed by atoms with E-state index in [-0.39, 0.29) is 0 Å². The second-order valence-electron chi connectivity index (χ2n) is 2.41. The number of halogens is 1. The fourth-order valence-corrected chi connectivity index (χ4v) is 1.12. The van der Waals surface area contributed by atoms with Crippen molar-refractivity contribution >= 4 is 21.6 Å². The quantitative estimate of drug-likeness (QED) is 0.542. The summed E-state index contributed by atoms with van der Waals surface area (Å²) < 4.78 is 0.800. The van der Waals surface area contributed by atoms with E-state index in [1.54, 1.807) is 6.92 Å². The van der Waals surface area contributed by atoms with Gasteiger partial charge in [-0.05, 0) is 47.3 Å². The minimum absolute atomic E-state index is 0.630. The summed E-state index contributed by atoms with van der Waals surface area (Å²) in [7, 11) is 0. The molecule has 0 amide bonds. The molecule has 0 unspecified atom stereocenters. The van der Waals surface area contributed by atoms with Crippen LogP contribution >= 0.6 is 15.9 Å². The number of aryl methyl sites for hydroxylation is 1. The molecule has 0 aliphatic carbocycles. The molecule has 0 radical (unpaired) electrons. The predicted molar refractivity (Wildman–Crippen MR) is 53.6 cm³/mol. The fraction of sp³-hybridized carbons (Fsp3) is 0.222. The summed E-state index contributed by atoms with van der Waals surface area (Å²) in [6.07, 6.45) is 0. The average Bonchev–Trinajstić information content (AvgIpc) is 2.01. The molecule has 0 aliphatic heterocycles. The third kappa shape index (κ3) is 1.77. The van der Waals surface area contributed by atoms with Gasteiger partial charge in [-0.3, -0.25) is 0 Å². The normalized spacial score (nSPS) is 8.92. The van der Waals surface area contributed by atoms with Gasteiger partial charge in [0.1, 0.15) is 10.3 Å². The van der Waals surface area contributed by atoms with Crippen molar-refractivity contribution < 1.29 is 0 Å². The average molecular weight is 225 g/mol. The molecule has 0 bridgehead atoms. The number of nitrogens with two attached hydrogens (primary N) is 1. The minimum atomic E-state index is 0.630. The maximum atomic E-state index is 5.69. The first-order valence-electron chi connectivity index (χ1n) is 3.50. The second-order valence-corrected chi connectivity index (χ2v) is 3.16. The highest BCUT2D eigenvalue weighted by Gasteiger charge is 2.01. The van der Waals surface area contributed by atoms with Crippen LogP contribution < -0.4 is 5.73 Å². The Bertz CT molecular complexity index is 361. The summed E-state index contributed by atoms with van der Waals surface area (Å²) in [5, 5.41) is 0. The highest BCUT2D eigenvalue weighted by atomic mass is 79.9. The lowest BCUT2D eigenvalue weighted by Gasteiger charge is -2.01. The van der Waals surface area contributed by atoms with Gasteiger partial charge in [0.15, 0.2) is 0 Å². The summed E-state index contributed by atoms with van der Waals surface area (Å²) in [5.74, 6) is 5.59. The van der Waals surface area contributed by atoms with Crippen LogP contribution in [-0.4, -0.2) is 4.98 Å². The smallest absolute Gasteiger partial charge is 0.137 e. The van der Waals surface area contributed by atoms with E-state index in [2.05, 4.69) is 32.8 Å². The molecule has 0 aliphatic rings. The lowest BCUT2D eigenvalue weighted by molar-refractivity contribution is 1.19. The minimum Gasteiger partial charge on any atom is -0.396 e. The molecule has 12 heavy (non-hydrogen) atoms. The Morgan fingerprint density at radius 3 is 2.83 bits per heavy atom. The molecule has 2 nitrogen and oxygen atoms in total. The van der Waals surface area contributed by atoms with Crippen molar-refractivity contribution in [2.45, 2.75) is 13.8 Å². The first-order chi connectivity index (χ1) is 5.65. The zero-order chi connectivity index (χ0) is 9.14. The van der Waals surface area contributed by atoms with Crippen molar-refractivity contribution in [2.24, 2.45) is 0 Å². The number of hydrogen-bond donors (Lipinski definition) is 1. The van der Waals surface area contributed by atoms with E-state index in [4.69, 9.17) is 5.73 Å². The predicted octanol–water partition coefficient (Wildman–Crippen LogP) is 2.11. The first-order valence-corrected chi connectivity index (χ1v) is 4.30. The van der Waals surface area contributed by atoms with Crippen LogP contribution in [0.2, 0.25) is 0 Å². The highest BCUT2D eigenvalue weighted by molar-refractivity contribution is 9.10. The highest BCUT2D eigenvalue weighted by Crippen LogP contribution is 2.18. The SMILES string of the molecule is CC#Cc1nc(Br)c(C)cc1N. The number of rotatable bonds is 0. The van der Waals surface area contributed by atoms with Crippen molar-refractivity contribution in [3.8, 4) is 11.8 Å². The van der Waals surface area contributed by atoms with E-state index in [1.807, 2.05) is 13.0 Å². The number of hydrogen-bond acceptors (Lipinski definition) is 2. The largest absolute Gasteiger partial charge is 0.396 e. The van der Waals surface area contributed by atoms with Gasteiger partial charge < -0.3 is 5.73 Å². The summed E-state index contributed by atoms with van der Waals surface area (Å²) in [6.45, 7) is 3.70. The van der Waals surface area contributed by atoms with Gasteiger partial charge in [0.25, 0.3) is 0 Å². The maximum Gasteiger partial charge on any atom is 0.137 e. The van der Waals surface area contributed by atoms with Crippen LogP contribution in [0.3, 0.4) is 0 Å². The molecule has 1 heterocycles. The lowest BCUT2D eigenvalue weighted by Crippen LogP contribution is -1.96. The molecule has 0 saturated heterocycles. The Morgan fingerprint density at radius 1 is 1.58 bits per heavy atom. The van der Waals surface area contributed by atoms with Crippen molar-refractivity contribution in [1.29, 1.82) is 0 Å². The Kier molecular flexibility index (Phi) is 2.72. The summed E-state index contributed by atoms with van der Waals surface area (Å²) in [4.78, 5) is 4.18. The van der Waals surface area contributed by atoms with Crippen molar-refractivity contribution in [3.63, 3.8) is 0 Å². The van der Waals surface area contributed by atoms with E-state index in [1.165, 1.54) is 0 Å². The van der Waals surface area contributed by atoms with Crippen LogP contribution in [0.4, 0.5) is 5.69 Å². The van der Waals surface area contributed by atoms with E-state index >= 15 is 0 Å². The molecule has 1 rings (SSSR count). The zero-order valence-corrected chi connectivity index (χ0v) is 8.57. The monoisotopic (exact) mass is 224 g/mol. The van der Waals surface area contributed by atoms with Crippen LogP contribution in [0, 0.1) is 18.8 Å². The summed E-state index contributed by atoms with van der Waals surface area (Å²) >= 11 is 3.32. The Balaban J connectivity index is 3.29. The molecule has 62 valence electrons. The van der Waals surface area contributed by atoms with E-state index in [9.17, 15) is 0 Å². The summed E-state index contributed by atoms with van der Waals surface area (Å²) in [5.41, 5.74) is 7.98. The van der Waals surface area contributed by atoms with Crippen molar-refractivity contribution in [1.82, 2.24) is 4.98 Å². The maximum absolute atomic E-state index is 5.69. The van der Waals surface area contributed by atoms with Gasteiger partial charge in [-0.1, -0.05) is 5.92 Å². The third-order valence-corrected chi connectivity index (χ3v) is 2.23. The number of anilines is 1. The Morgan fingerprint density at radius 2 is 2.25 bits per heavy atom. The van der Waals surface area contributed by atoms with Crippen molar-refractivity contribution in [2.75, 3.05) is 5.73 Å². The number of pyridine rings is 1. The van der Waals surface area contributed by atoms with Gasteiger partial charge in [0.05, 0.1) is 5.69 Å². The molecular formula is C9H9BrN2. The first kappa shape index (κ1) is 9.08. The molecule has 1 aromatic rings. The molecule has 0 saturated carbocycles. The van der Waals surface area contributed by atoms with E-state index < -0.39 is 0 Å². The van der Waals surface area contributed by atoms with Gasteiger partial charge in [-0.15, -0.1) is 0 Å². The lowest BCUT2D eigenvalue weighted by atomic mass is 10.2. The zero-order valence-electron chi connectivity index (χ0n) is 6.98. The Hall–Kier alpha value is -1.01. The van der Waals surface area contributed by atoms with Crippen LogP contribution in [0.25, 0.3) is 0 Å². The van der Waals surface area contributed by atoms with Crippen molar-refractivity contribution in [3.05, 3.63) is 21.9 Å². The number of aromatic nitrogens is 1. The molecular weight excluding hydrogens is 216 g/mol. The molecule has 0 spiro atoms. The van der Waals surface area contributed by atoms with Gasteiger partial charge in [-0.2, -0.15) is 0 Å². The molecule has 1 aromatic heterocycles. The molecule has 0 aromatic carbocycles. The van der Waals surface area contributed by atoms with Gasteiger partial charge in [-0.25, -0.2) is 4.98 Å². The third-order valence-electron chi connectivity index (χ3n) is 1.42. The topological polar surface area (TPSA) is 38.9 Å². The number of nitrogen functional groups attached to an aromatic ring is 1. The number of nitrogens with zero attached hydrogens (tertiary/aromatic N) is 1. The molecule has 0 fully saturated rings. The molecule has 0 atom stereocenters. The standard InChI is InChI=1S/C9H9BrN2/c1-3-4-8-7(11)5-6(2)9(10)12-8/h5H,11H2,1-2H3. The van der Waals surface area contributed by atoms with E-state index in [0.717, 1.165) is 10.2 Å². The van der Waals surface area contributed by atoms with Gasteiger partial charge >= 0.3 is 0 Å². The van der Waals surface area contributed by atoms with Crippen LogP contribution in [-0.2, 0) is 0 Å². The fourth-order valence-electron chi connectivity index (χ4n) is 0.831. The Labute approximate surface area is 80.3 Å². The molecule has 3 heteroatoms. The van der Waals surface area contributed by atoms with Gasteiger partial charge in [0, 0.05) is 0 Å². The summed E-state index contributed by atoms with van der Waals surface area (Å²) in [6, 6.07) is 1.86. The van der Waals surface area contributed by atoms with Gasteiger partial charge in [0.2, 0.25) is 0 Å². The van der Waals surface area contributed by atoms with Crippen LogP contribution in [0.15, 0.2) is 10.7 Å². The van der Waals surface area contributed by atoms with Crippen LogP contribution in [0.1, 0.15) is 18.2 Å². The second kappa shape index (κ2) is 3.59. The molecule has 2 N–H and O–H groups in total. The van der Waals surface area contributed by atoms with E-state index in [0.29, 0.717) is 11.4 Å².